The minimum atomic E-state index is -3.95. The summed E-state index contributed by atoms with van der Waals surface area (Å²) in [6.45, 7) is 10.5. The Balaban J connectivity index is 1.55. The predicted molar refractivity (Wildman–Crippen MR) is 173 cm³/mol. The third-order valence-electron chi connectivity index (χ3n) is 8.31. The number of hydrogen-bond acceptors (Lipinski definition) is 10. The van der Waals surface area contributed by atoms with Gasteiger partial charge in [0, 0.05) is 76.6 Å². The van der Waals surface area contributed by atoms with E-state index in [0.29, 0.717) is 62.1 Å². The predicted octanol–water partition coefficient (Wildman–Crippen LogP) is 0.977. The minimum absolute atomic E-state index is 0.0838. The van der Waals surface area contributed by atoms with E-state index in [1.807, 2.05) is 24.1 Å². The van der Waals surface area contributed by atoms with Crippen LogP contribution in [0.4, 0.5) is 0 Å². The summed E-state index contributed by atoms with van der Waals surface area (Å²) in [7, 11) is 2.85. The quantitative estimate of drug-likeness (QED) is 0.192. The fourth-order valence-electron chi connectivity index (χ4n) is 5.82. The standard InChI is InChI=1S/C31H45N7O6S/c1-6-27(38-17-11-35(2)12-18-38)45(40,41)26-19-22(30(39)34-31(32)33)7-8-23(26)20-36-13-15-37(16-14-36)21-24-9-10-25(42-3)29(44-5)28(24)43-4/h6-10,19,27H,1,11-18,20-21H2,2-5H3,(H4,32,33,34,39). The summed E-state index contributed by atoms with van der Waals surface area (Å²) in [5.41, 5.74) is 12.5. The third-order valence-corrected chi connectivity index (χ3v) is 10.4. The molecule has 1 atom stereocenters. The normalized spacial score (nSPS) is 17.8. The molecule has 2 aliphatic heterocycles. The Morgan fingerprint density at radius 2 is 1.47 bits per heavy atom. The summed E-state index contributed by atoms with van der Waals surface area (Å²) in [6.07, 6.45) is 1.47. The Bertz CT molecular complexity index is 1500. The fourth-order valence-corrected chi connectivity index (χ4v) is 7.72. The monoisotopic (exact) mass is 643 g/mol. The highest BCUT2D eigenvalue weighted by Gasteiger charge is 2.35. The smallest absolute Gasteiger partial charge is 0.280 e. The number of piperazine rings is 2. The number of hydrogen-bond donors (Lipinski definition) is 2. The van der Waals surface area contributed by atoms with Gasteiger partial charge in [0.2, 0.25) is 5.75 Å². The molecule has 45 heavy (non-hydrogen) atoms. The second-order valence-electron chi connectivity index (χ2n) is 11.2. The lowest BCUT2D eigenvalue weighted by Gasteiger charge is -2.37. The van der Waals surface area contributed by atoms with Crippen LogP contribution >= 0.6 is 0 Å². The molecule has 14 heteroatoms. The molecule has 0 aliphatic carbocycles. The SMILES string of the molecule is C=CC(N1CCN(C)CC1)S(=O)(=O)c1cc(C(=O)N=C(N)N)ccc1CN1CCN(Cc2ccc(OC)c(OC)c2OC)CC1. The van der Waals surface area contributed by atoms with Crippen molar-refractivity contribution in [1.82, 2.24) is 19.6 Å². The summed E-state index contributed by atoms with van der Waals surface area (Å²) in [4.78, 5) is 25.0. The van der Waals surface area contributed by atoms with E-state index in [1.165, 1.54) is 12.1 Å². The highest BCUT2D eigenvalue weighted by molar-refractivity contribution is 7.92. The van der Waals surface area contributed by atoms with Crippen molar-refractivity contribution >= 4 is 21.7 Å². The zero-order chi connectivity index (χ0) is 32.7. The number of ether oxygens (including phenoxy) is 3. The molecular weight excluding hydrogens is 598 g/mol. The number of benzene rings is 2. The molecule has 1 amide bonds. The Labute approximate surface area is 265 Å². The van der Waals surface area contributed by atoms with Gasteiger partial charge in [-0.15, -0.1) is 6.58 Å². The van der Waals surface area contributed by atoms with Gasteiger partial charge in [0.1, 0.15) is 5.37 Å². The fraction of sp³-hybridized carbons (Fsp3) is 0.484. The van der Waals surface area contributed by atoms with E-state index >= 15 is 0 Å². The first-order valence-electron chi connectivity index (χ1n) is 14.8. The average Bonchev–Trinajstić information content (AvgIpc) is 3.02. The molecule has 1 unspecified atom stereocenters. The molecule has 13 nitrogen and oxygen atoms in total. The number of carbonyl (C=O) groups is 1. The molecule has 246 valence electrons. The lowest BCUT2D eigenvalue weighted by Crippen LogP contribution is -2.51. The van der Waals surface area contributed by atoms with Crippen LogP contribution in [0.1, 0.15) is 21.5 Å². The average molecular weight is 644 g/mol. The first-order chi connectivity index (χ1) is 21.5. The van der Waals surface area contributed by atoms with Gasteiger partial charge in [0.15, 0.2) is 27.3 Å². The molecule has 0 saturated carbocycles. The highest BCUT2D eigenvalue weighted by atomic mass is 32.2. The van der Waals surface area contributed by atoms with Crippen LogP contribution in [-0.4, -0.2) is 126 Å². The van der Waals surface area contributed by atoms with Crippen LogP contribution in [0.15, 0.2) is 52.9 Å². The lowest BCUT2D eigenvalue weighted by atomic mass is 10.1. The van der Waals surface area contributed by atoms with Crippen molar-refractivity contribution < 1.29 is 27.4 Å². The summed E-state index contributed by atoms with van der Waals surface area (Å²) in [5.74, 6) is 0.707. The maximum atomic E-state index is 14.2. The molecule has 0 radical (unpaired) electrons. The molecule has 4 rings (SSSR count). The summed E-state index contributed by atoms with van der Waals surface area (Å²) < 4.78 is 45.1. The number of guanidine groups is 1. The Morgan fingerprint density at radius 1 is 0.889 bits per heavy atom. The van der Waals surface area contributed by atoms with Gasteiger partial charge in [0.25, 0.3) is 5.91 Å². The van der Waals surface area contributed by atoms with Crippen molar-refractivity contribution in [2.24, 2.45) is 16.5 Å². The number of rotatable bonds is 12. The molecule has 0 aromatic heterocycles. The van der Waals surface area contributed by atoms with Gasteiger partial charge in [-0.1, -0.05) is 18.2 Å². The van der Waals surface area contributed by atoms with E-state index in [2.05, 4.69) is 26.3 Å². The van der Waals surface area contributed by atoms with E-state index in [4.69, 9.17) is 25.7 Å². The molecule has 2 aromatic carbocycles. The number of likely N-dealkylation sites (N-methyl/N-ethyl adjacent to an activating group) is 1. The van der Waals surface area contributed by atoms with Gasteiger partial charge >= 0.3 is 0 Å². The van der Waals surface area contributed by atoms with Crippen molar-refractivity contribution in [1.29, 1.82) is 0 Å². The Morgan fingerprint density at radius 3 is 2.00 bits per heavy atom. The number of sulfone groups is 1. The van der Waals surface area contributed by atoms with Crippen molar-refractivity contribution in [2.45, 2.75) is 23.4 Å². The number of aliphatic imine (C=N–C) groups is 1. The Hall–Kier alpha value is -3.69. The van der Waals surface area contributed by atoms with Crippen molar-refractivity contribution in [3.63, 3.8) is 0 Å². The molecule has 4 N–H and O–H groups in total. The van der Waals surface area contributed by atoms with Crippen molar-refractivity contribution in [2.75, 3.05) is 80.7 Å². The lowest BCUT2D eigenvalue weighted by molar-refractivity contribution is 0.100. The number of nitrogens with two attached hydrogens (primary N) is 2. The Kier molecular flexibility index (Phi) is 11.4. The topological polar surface area (TPSA) is 156 Å². The van der Waals surface area contributed by atoms with Crippen LogP contribution in [0.25, 0.3) is 0 Å². The molecule has 2 fully saturated rings. The van der Waals surface area contributed by atoms with Gasteiger partial charge in [-0.3, -0.25) is 19.5 Å². The minimum Gasteiger partial charge on any atom is -0.493 e. The second-order valence-corrected chi connectivity index (χ2v) is 13.2. The zero-order valence-electron chi connectivity index (χ0n) is 26.6. The molecule has 2 aliphatic rings. The van der Waals surface area contributed by atoms with Crippen molar-refractivity contribution in [3.8, 4) is 17.2 Å². The molecule has 0 bridgehead atoms. The van der Waals surface area contributed by atoms with Gasteiger partial charge < -0.3 is 30.6 Å². The first kappa shape index (κ1) is 34.2. The van der Waals surface area contributed by atoms with Crippen LogP contribution < -0.4 is 25.7 Å². The summed E-state index contributed by atoms with van der Waals surface area (Å²) >= 11 is 0. The van der Waals surface area contributed by atoms with E-state index in [0.717, 1.165) is 31.7 Å². The van der Waals surface area contributed by atoms with E-state index in [9.17, 15) is 13.2 Å². The number of amides is 1. The van der Waals surface area contributed by atoms with Crippen LogP contribution in [-0.2, 0) is 22.9 Å². The third kappa shape index (κ3) is 7.94. The number of carbonyl (C=O) groups excluding carboxylic acids is 1. The van der Waals surface area contributed by atoms with Gasteiger partial charge in [0.05, 0.1) is 26.2 Å². The molecular formula is C31H45N7O6S. The molecule has 2 aromatic rings. The van der Waals surface area contributed by atoms with Gasteiger partial charge in [-0.25, -0.2) is 8.42 Å². The summed E-state index contributed by atoms with van der Waals surface area (Å²) in [6, 6.07) is 8.50. The van der Waals surface area contributed by atoms with E-state index in [1.54, 1.807) is 33.5 Å². The number of nitrogens with zero attached hydrogens (tertiary/aromatic N) is 5. The maximum absolute atomic E-state index is 14.2. The second kappa shape index (κ2) is 15.1. The maximum Gasteiger partial charge on any atom is 0.280 e. The van der Waals surface area contributed by atoms with Crippen LogP contribution in [0.5, 0.6) is 17.2 Å². The number of methoxy groups -OCH3 is 3. The van der Waals surface area contributed by atoms with E-state index in [-0.39, 0.29) is 10.5 Å². The van der Waals surface area contributed by atoms with Crippen LogP contribution in [0.2, 0.25) is 0 Å². The van der Waals surface area contributed by atoms with E-state index < -0.39 is 27.1 Å². The molecule has 0 spiro atoms. The largest absolute Gasteiger partial charge is 0.493 e. The molecule has 2 saturated heterocycles. The van der Waals surface area contributed by atoms with Crippen molar-refractivity contribution in [3.05, 3.63) is 59.7 Å². The van der Waals surface area contributed by atoms with Gasteiger partial charge in [-0.05, 0) is 30.8 Å². The van der Waals surface area contributed by atoms with Crippen LogP contribution in [0, 0.1) is 0 Å². The molecule has 2 heterocycles. The van der Waals surface area contributed by atoms with Gasteiger partial charge in [-0.2, -0.15) is 4.99 Å². The zero-order valence-corrected chi connectivity index (χ0v) is 27.4. The first-order valence-corrected chi connectivity index (χ1v) is 16.4. The highest BCUT2D eigenvalue weighted by Crippen LogP contribution is 2.40. The van der Waals surface area contributed by atoms with Crippen LogP contribution in [0.3, 0.4) is 0 Å². The summed E-state index contributed by atoms with van der Waals surface area (Å²) in [5, 5.41) is -0.938.